The quantitative estimate of drug-likeness (QED) is 0.654. The highest BCUT2D eigenvalue weighted by molar-refractivity contribution is 5.86. The van der Waals surface area contributed by atoms with Crippen molar-refractivity contribution in [2.45, 2.75) is 43.7 Å². The van der Waals surface area contributed by atoms with E-state index >= 15 is 0 Å². The highest BCUT2D eigenvalue weighted by Gasteiger charge is 2.55. The van der Waals surface area contributed by atoms with Gasteiger partial charge in [-0.25, -0.2) is 9.59 Å². The number of carbonyl (C=O) groups excluding carboxylic acids is 2. The van der Waals surface area contributed by atoms with Gasteiger partial charge in [-0.05, 0) is 12.8 Å². The van der Waals surface area contributed by atoms with Crippen LogP contribution in [0.5, 0.6) is 0 Å². The van der Waals surface area contributed by atoms with Crippen molar-refractivity contribution >= 4 is 11.9 Å². The fourth-order valence-corrected chi connectivity index (χ4v) is 2.34. The van der Waals surface area contributed by atoms with Crippen LogP contribution in [0.25, 0.3) is 0 Å². The Morgan fingerprint density at radius 2 is 1.41 bits per heavy atom. The molecule has 6 heteroatoms. The second kappa shape index (κ2) is 4.62. The molecule has 6 nitrogen and oxygen atoms in total. The molecule has 1 aliphatic heterocycles. The first-order chi connectivity index (χ1) is 8.12. The van der Waals surface area contributed by atoms with Gasteiger partial charge in [-0.2, -0.15) is 0 Å². The molecular formula is C11H16O6. The lowest BCUT2D eigenvalue weighted by Crippen LogP contribution is -2.38. The van der Waals surface area contributed by atoms with Crippen LogP contribution in [0.15, 0.2) is 0 Å². The molecule has 0 amide bonds. The van der Waals surface area contributed by atoms with Gasteiger partial charge in [-0.3, -0.25) is 0 Å². The standard InChI is InChI=1S/C11H16O6/c1-14-9(12)7-8(10(13)15-2)17-11(16-7)5-3-4-6-11/h7-8H,3-6H2,1-2H3/t7-,8-/m1/s1. The SMILES string of the molecule is COC(=O)[C@@H]1OC2(CCCC2)O[C@H]1C(=O)OC. The second-order valence-electron chi connectivity index (χ2n) is 4.24. The van der Waals surface area contributed by atoms with Gasteiger partial charge < -0.3 is 18.9 Å². The number of rotatable bonds is 2. The molecule has 0 aromatic rings. The Kier molecular flexibility index (Phi) is 3.35. The summed E-state index contributed by atoms with van der Waals surface area (Å²) in [6.45, 7) is 0. The molecular weight excluding hydrogens is 228 g/mol. The number of ether oxygens (including phenoxy) is 4. The van der Waals surface area contributed by atoms with Crippen molar-refractivity contribution in [2.75, 3.05) is 14.2 Å². The van der Waals surface area contributed by atoms with E-state index in [1.54, 1.807) is 0 Å². The summed E-state index contributed by atoms with van der Waals surface area (Å²) in [5, 5.41) is 0. The maximum atomic E-state index is 11.5. The van der Waals surface area contributed by atoms with E-state index in [1.165, 1.54) is 14.2 Å². The van der Waals surface area contributed by atoms with Crippen molar-refractivity contribution in [3.63, 3.8) is 0 Å². The molecule has 0 N–H and O–H groups in total. The van der Waals surface area contributed by atoms with Crippen LogP contribution in [0.1, 0.15) is 25.7 Å². The first-order valence-electron chi connectivity index (χ1n) is 5.63. The lowest BCUT2D eigenvalue weighted by atomic mass is 10.2. The minimum atomic E-state index is -1.02. The Morgan fingerprint density at radius 1 is 1.00 bits per heavy atom. The molecule has 1 saturated heterocycles. The number of hydrogen-bond acceptors (Lipinski definition) is 6. The Hall–Kier alpha value is -1.14. The first kappa shape index (κ1) is 12.3. The molecule has 0 aromatic heterocycles. The van der Waals surface area contributed by atoms with Crippen LogP contribution in [0.4, 0.5) is 0 Å². The molecule has 1 spiro atoms. The van der Waals surface area contributed by atoms with Gasteiger partial charge in [0.05, 0.1) is 14.2 Å². The zero-order valence-corrected chi connectivity index (χ0v) is 9.93. The van der Waals surface area contributed by atoms with Crippen LogP contribution in [0.2, 0.25) is 0 Å². The van der Waals surface area contributed by atoms with Crippen molar-refractivity contribution in [1.29, 1.82) is 0 Å². The first-order valence-corrected chi connectivity index (χ1v) is 5.63. The van der Waals surface area contributed by atoms with Crippen LogP contribution < -0.4 is 0 Å². The average molecular weight is 244 g/mol. The van der Waals surface area contributed by atoms with Gasteiger partial charge in [0.2, 0.25) is 0 Å². The lowest BCUT2D eigenvalue weighted by molar-refractivity contribution is -0.184. The summed E-state index contributed by atoms with van der Waals surface area (Å²) in [5.74, 6) is -2.02. The molecule has 2 rings (SSSR count). The molecule has 2 fully saturated rings. The van der Waals surface area contributed by atoms with E-state index in [4.69, 9.17) is 9.47 Å². The van der Waals surface area contributed by atoms with Crippen LogP contribution in [0.3, 0.4) is 0 Å². The molecule has 17 heavy (non-hydrogen) atoms. The maximum absolute atomic E-state index is 11.5. The Labute approximate surface area is 99.2 Å². The van der Waals surface area contributed by atoms with E-state index in [9.17, 15) is 9.59 Å². The van der Waals surface area contributed by atoms with Crippen LogP contribution in [0, 0.1) is 0 Å². The third-order valence-electron chi connectivity index (χ3n) is 3.19. The summed E-state index contributed by atoms with van der Waals surface area (Å²) < 4.78 is 20.4. The van der Waals surface area contributed by atoms with E-state index in [-0.39, 0.29) is 0 Å². The summed E-state index contributed by atoms with van der Waals surface area (Å²) in [4.78, 5) is 23.1. The highest BCUT2D eigenvalue weighted by Crippen LogP contribution is 2.42. The highest BCUT2D eigenvalue weighted by atomic mass is 16.8. The molecule has 1 heterocycles. The lowest BCUT2D eigenvalue weighted by Gasteiger charge is -2.21. The van der Waals surface area contributed by atoms with Crippen molar-refractivity contribution in [3.05, 3.63) is 0 Å². The van der Waals surface area contributed by atoms with Crippen LogP contribution in [-0.4, -0.2) is 44.2 Å². The molecule has 2 aliphatic rings. The summed E-state index contributed by atoms with van der Waals surface area (Å²) >= 11 is 0. The van der Waals surface area contributed by atoms with Gasteiger partial charge in [0.15, 0.2) is 18.0 Å². The fraction of sp³-hybridized carbons (Fsp3) is 0.818. The van der Waals surface area contributed by atoms with Crippen molar-refractivity contribution in [2.24, 2.45) is 0 Å². The zero-order valence-electron chi connectivity index (χ0n) is 9.93. The van der Waals surface area contributed by atoms with Gasteiger partial charge in [0, 0.05) is 12.8 Å². The van der Waals surface area contributed by atoms with Gasteiger partial charge >= 0.3 is 11.9 Å². The molecule has 0 aromatic carbocycles. The molecule has 0 bridgehead atoms. The van der Waals surface area contributed by atoms with E-state index in [2.05, 4.69) is 9.47 Å². The van der Waals surface area contributed by atoms with Gasteiger partial charge in [-0.15, -0.1) is 0 Å². The zero-order chi connectivity index (χ0) is 12.5. The van der Waals surface area contributed by atoms with E-state index < -0.39 is 29.9 Å². The maximum Gasteiger partial charge on any atom is 0.338 e. The summed E-state index contributed by atoms with van der Waals surface area (Å²) in [6, 6.07) is 0. The largest absolute Gasteiger partial charge is 0.467 e. The normalized spacial score (nSPS) is 30.5. The monoisotopic (exact) mass is 244 g/mol. The van der Waals surface area contributed by atoms with Gasteiger partial charge in [-0.1, -0.05) is 0 Å². The molecule has 2 atom stereocenters. The minimum Gasteiger partial charge on any atom is -0.467 e. The number of hydrogen-bond donors (Lipinski definition) is 0. The van der Waals surface area contributed by atoms with Crippen LogP contribution >= 0.6 is 0 Å². The summed E-state index contributed by atoms with van der Waals surface area (Å²) in [6.07, 6.45) is 1.25. The van der Waals surface area contributed by atoms with Gasteiger partial charge in [0.1, 0.15) is 0 Å². The number of esters is 2. The Bertz CT molecular complexity index is 294. The van der Waals surface area contributed by atoms with E-state index in [1.807, 2.05) is 0 Å². The second-order valence-corrected chi connectivity index (χ2v) is 4.24. The molecule has 1 aliphatic carbocycles. The topological polar surface area (TPSA) is 71.1 Å². The third kappa shape index (κ3) is 2.14. The Balaban J connectivity index is 2.17. The summed E-state index contributed by atoms with van der Waals surface area (Å²) in [7, 11) is 2.50. The summed E-state index contributed by atoms with van der Waals surface area (Å²) in [5.41, 5.74) is 0. The predicted molar refractivity (Wildman–Crippen MR) is 55.0 cm³/mol. The van der Waals surface area contributed by atoms with Gasteiger partial charge in [0.25, 0.3) is 0 Å². The third-order valence-corrected chi connectivity index (χ3v) is 3.19. The smallest absolute Gasteiger partial charge is 0.338 e. The van der Waals surface area contributed by atoms with Crippen molar-refractivity contribution < 1.29 is 28.5 Å². The number of methoxy groups -OCH3 is 2. The molecule has 0 unspecified atom stereocenters. The Morgan fingerprint density at radius 3 is 1.76 bits per heavy atom. The average Bonchev–Trinajstić information content (AvgIpc) is 2.95. The van der Waals surface area contributed by atoms with Crippen molar-refractivity contribution in [1.82, 2.24) is 0 Å². The predicted octanol–water partition coefficient (Wildman–Crippen LogP) is 0.387. The minimum absolute atomic E-state index is 0.607. The molecule has 1 saturated carbocycles. The number of carbonyl (C=O) groups is 2. The van der Waals surface area contributed by atoms with E-state index in [0.29, 0.717) is 12.8 Å². The van der Waals surface area contributed by atoms with Crippen LogP contribution in [-0.2, 0) is 28.5 Å². The molecule has 0 radical (unpaired) electrons. The fourth-order valence-electron chi connectivity index (χ4n) is 2.34. The molecule has 96 valence electrons. The van der Waals surface area contributed by atoms with Crippen molar-refractivity contribution in [3.8, 4) is 0 Å². The van der Waals surface area contributed by atoms with E-state index in [0.717, 1.165) is 12.8 Å².